The SMILES string of the molecule is Cc1ccc(C(=O)c2cccn2C2CCNCC2)s1. The molecule has 1 saturated heterocycles. The fraction of sp³-hybridized carbons (Fsp3) is 0.400. The van der Waals surface area contributed by atoms with Crippen LogP contribution in [0.1, 0.15) is 39.1 Å². The van der Waals surface area contributed by atoms with Crippen LogP contribution in [-0.2, 0) is 0 Å². The highest BCUT2D eigenvalue weighted by atomic mass is 32.1. The molecule has 0 bridgehead atoms. The number of nitrogens with one attached hydrogen (secondary N) is 1. The number of carbonyl (C=O) groups is 1. The van der Waals surface area contributed by atoms with Gasteiger partial charge in [-0.1, -0.05) is 0 Å². The quantitative estimate of drug-likeness (QED) is 0.873. The van der Waals surface area contributed by atoms with Crippen molar-refractivity contribution < 1.29 is 4.79 Å². The Bertz CT molecular complexity index is 578. The number of piperidine rings is 1. The monoisotopic (exact) mass is 274 g/mol. The molecular weight excluding hydrogens is 256 g/mol. The molecule has 0 unspecified atom stereocenters. The first-order valence-electron chi connectivity index (χ1n) is 6.74. The van der Waals surface area contributed by atoms with E-state index in [0.29, 0.717) is 6.04 Å². The molecule has 19 heavy (non-hydrogen) atoms. The third-order valence-corrected chi connectivity index (χ3v) is 4.68. The fourth-order valence-corrected chi connectivity index (χ4v) is 3.49. The normalized spacial score (nSPS) is 16.7. The summed E-state index contributed by atoms with van der Waals surface area (Å²) in [5, 5.41) is 3.36. The second-order valence-electron chi connectivity index (χ2n) is 5.02. The van der Waals surface area contributed by atoms with Crippen molar-refractivity contribution in [1.29, 1.82) is 0 Å². The summed E-state index contributed by atoms with van der Waals surface area (Å²) in [4.78, 5) is 14.6. The van der Waals surface area contributed by atoms with Crippen LogP contribution in [0, 0.1) is 6.92 Å². The Hall–Kier alpha value is -1.39. The zero-order valence-corrected chi connectivity index (χ0v) is 11.9. The molecule has 4 heteroatoms. The van der Waals surface area contributed by atoms with Gasteiger partial charge in [0.25, 0.3) is 0 Å². The Morgan fingerprint density at radius 1 is 1.32 bits per heavy atom. The Labute approximate surface area is 117 Å². The molecule has 0 aliphatic carbocycles. The van der Waals surface area contributed by atoms with Crippen LogP contribution in [0.3, 0.4) is 0 Å². The molecule has 1 aliphatic rings. The first-order chi connectivity index (χ1) is 9.25. The van der Waals surface area contributed by atoms with Crippen molar-refractivity contribution >= 4 is 17.1 Å². The minimum Gasteiger partial charge on any atom is -0.342 e. The van der Waals surface area contributed by atoms with E-state index in [1.807, 2.05) is 37.4 Å². The Morgan fingerprint density at radius 2 is 2.11 bits per heavy atom. The lowest BCUT2D eigenvalue weighted by atomic mass is 10.1. The molecule has 0 amide bonds. The van der Waals surface area contributed by atoms with Crippen molar-refractivity contribution in [2.24, 2.45) is 0 Å². The number of hydrogen-bond donors (Lipinski definition) is 1. The van der Waals surface area contributed by atoms with Crippen molar-refractivity contribution in [1.82, 2.24) is 9.88 Å². The van der Waals surface area contributed by atoms with E-state index in [1.54, 1.807) is 11.3 Å². The maximum Gasteiger partial charge on any atom is 0.219 e. The van der Waals surface area contributed by atoms with Crippen molar-refractivity contribution in [3.8, 4) is 0 Å². The fourth-order valence-electron chi connectivity index (χ4n) is 2.67. The third-order valence-electron chi connectivity index (χ3n) is 3.68. The van der Waals surface area contributed by atoms with Gasteiger partial charge in [-0.25, -0.2) is 0 Å². The van der Waals surface area contributed by atoms with Crippen molar-refractivity contribution in [2.45, 2.75) is 25.8 Å². The van der Waals surface area contributed by atoms with E-state index in [-0.39, 0.29) is 5.78 Å². The second kappa shape index (κ2) is 5.31. The zero-order valence-electron chi connectivity index (χ0n) is 11.1. The molecule has 100 valence electrons. The van der Waals surface area contributed by atoms with E-state index in [9.17, 15) is 4.79 Å². The molecule has 0 saturated carbocycles. The highest BCUT2D eigenvalue weighted by Crippen LogP contribution is 2.25. The number of rotatable bonds is 3. The lowest BCUT2D eigenvalue weighted by Crippen LogP contribution is -2.30. The summed E-state index contributed by atoms with van der Waals surface area (Å²) < 4.78 is 2.16. The predicted molar refractivity (Wildman–Crippen MR) is 78.1 cm³/mol. The van der Waals surface area contributed by atoms with Crippen molar-refractivity contribution in [3.63, 3.8) is 0 Å². The van der Waals surface area contributed by atoms with Gasteiger partial charge in [0, 0.05) is 17.1 Å². The van der Waals surface area contributed by atoms with Gasteiger partial charge in [-0.05, 0) is 57.1 Å². The van der Waals surface area contributed by atoms with E-state index in [0.717, 1.165) is 36.5 Å². The lowest BCUT2D eigenvalue weighted by Gasteiger charge is -2.25. The van der Waals surface area contributed by atoms with Crippen LogP contribution < -0.4 is 5.32 Å². The van der Waals surface area contributed by atoms with E-state index in [4.69, 9.17) is 0 Å². The smallest absolute Gasteiger partial charge is 0.219 e. The first kappa shape index (κ1) is 12.6. The molecule has 3 nitrogen and oxygen atoms in total. The van der Waals surface area contributed by atoms with Gasteiger partial charge in [-0.2, -0.15) is 0 Å². The number of ketones is 1. The Kier molecular flexibility index (Phi) is 3.53. The van der Waals surface area contributed by atoms with E-state index in [2.05, 4.69) is 9.88 Å². The van der Waals surface area contributed by atoms with Crippen LogP contribution >= 0.6 is 11.3 Å². The van der Waals surface area contributed by atoms with Crippen LogP contribution in [-0.4, -0.2) is 23.4 Å². The molecule has 1 aliphatic heterocycles. The standard InChI is InChI=1S/C15H18N2OS/c1-11-4-5-14(19-11)15(18)13-3-2-10-17(13)12-6-8-16-9-7-12/h2-5,10,12,16H,6-9H2,1H3. The maximum absolute atomic E-state index is 12.6. The minimum absolute atomic E-state index is 0.154. The van der Waals surface area contributed by atoms with Gasteiger partial charge in [0.1, 0.15) is 0 Å². The molecule has 0 aromatic carbocycles. The number of aryl methyl sites for hydroxylation is 1. The van der Waals surface area contributed by atoms with Crippen molar-refractivity contribution in [3.05, 3.63) is 45.9 Å². The second-order valence-corrected chi connectivity index (χ2v) is 6.31. The summed E-state index contributed by atoms with van der Waals surface area (Å²) in [6.07, 6.45) is 4.24. The number of nitrogens with zero attached hydrogens (tertiary/aromatic N) is 1. The number of aromatic nitrogens is 1. The summed E-state index contributed by atoms with van der Waals surface area (Å²) in [6, 6.07) is 8.32. The summed E-state index contributed by atoms with van der Waals surface area (Å²) in [5.41, 5.74) is 0.828. The molecule has 1 N–H and O–H groups in total. The lowest BCUT2D eigenvalue weighted by molar-refractivity contribution is 0.103. The highest BCUT2D eigenvalue weighted by Gasteiger charge is 2.21. The number of carbonyl (C=O) groups excluding carboxylic acids is 1. The summed E-state index contributed by atoms with van der Waals surface area (Å²) in [5.74, 6) is 0.154. The predicted octanol–water partition coefficient (Wildman–Crippen LogP) is 3.01. The van der Waals surface area contributed by atoms with E-state index < -0.39 is 0 Å². The topological polar surface area (TPSA) is 34.0 Å². The zero-order chi connectivity index (χ0) is 13.2. The van der Waals surface area contributed by atoms with Crippen LogP contribution in [0.25, 0.3) is 0 Å². The van der Waals surface area contributed by atoms with E-state index in [1.165, 1.54) is 4.88 Å². The van der Waals surface area contributed by atoms with Crippen LogP contribution in [0.4, 0.5) is 0 Å². The summed E-state index contributed by atoms with van der Waals surface area (Å²) in [6.45, 7) is 4.11. The minimum atomic E-state index is 0.154. The summed E-state index contributed by atoms with van der Waals surface area (Å²) >= 11 is 1.57. The van der Waals surface area contributed by atoms with Gasteiger partial charge in [0.15, 0.2) is 0 Å². The largest absolute Gasteiger partial charge is 0.342 e. The molecule has 0 radical (unpaired) electrons. The third kappa shape index (κ3) is 2.51. The van der Waals surface area contributed by atoms with Crippen molar-refractivity contribution in [2.75, 3.05) is 13.1 Å². The van der Waals surface area contributed by atoms with Gasteiger partial charge in [-0.15, -0.1) is 11.3 Å². The molecule has 2 aromatic rings. The van der Waals surface area contributed by atoms with Crippen LogP contribution in [0.5, 0.6) is 0 Å². The maximum atomic E-state index is 12.6. The van der Waals surface area contributed by atoms with Gasteiger partial charge >= 0.3 is 0 Å². The molecule has 2 aromatic heterocycles. The van der Waals surface area contributed by atoms with Gasteiger partial charge in [0.05, 0.1) is 10.6 Å². The van der Waals surface area contributed by atoms with Gasteiger partial charge in [-0.3, -0.25) is 4.79 Å². The average molecular weight is 274 g/mol. The molecule has 0 spiro atoms. The molecular formula is C15H18N2OS. The molecule has 3 heterocycles. The van der Waals surface area contributed by atoms with Gasteiger partial charge < -0.3 is 9.88 Å². The molecule has 0 atom stereocenters. The summed E-state index contributed by atoms with van der Waals surface area (Å²) in [7, 11) is 0. The first-order valence-corrected chi connectivity index (χ1v) is 7.56. The van der Waals surface area contributed by atoms with Crippen LogP contribution in [0.2, 0.25) is 0 Å². The Morgan fingerprint density at radius 3 is 2.79 bits per heavy atom. The molecule has 3 rings (SSSR count). The Balaban J connectivity index is 1.89. The molecule has 1 fully saturated rings. The average Bonchev–Trinajstić information content (AvgIpc) is 3.07. The van der Waals surface area contributed by atoms with Crippen LogP contribution in [0.15, 0.2) is 30.5 Å². The number of thiophene rings is 1. The number of hydrogen-bond acceptors (Lipinski definition) is 3. The van der Waals surface area contributed by atoms with Gasteiger partial charge in [0.2, 0.25) is 5.78 Å². The van der Waals surface area contributed by atoms with E-state index >= 15 is 0 Å². The highest BCUT2D eigenvalue weighted by molar-refractivity contribution is 7.14.